The van der Waals surface area contributed by atoms with Crippen LogP contribution in [0.4, 0.5) is 4.39 Å². The van der Waals surface area contributed by atoms with Gasteiger partial charge in [-0.2, -0.15) is 0 Å². The summed E-state index contributed by atoms with van der Waals surface area (Å²) in [5, 5.41) is 3.10. The van der Waals surface area contributed by atoms with E-state index >= 15 is 0 Å². The minimum Gasteiger partial charge on any atom is -0.382 e. The van der Waals surface area contributed by atoms with Crippen LogP contribution >= 0.6 is 0 Å². The maximum atomic E-state index is 13.6. The molecular formula is C15H25FN4O. The first-order valence-corrected chi connectivity index (χ1v) is 7.16. The van der Waals surface area contributed by atoms with Crippen LogP contribution in [0.2, 0.25) is 0 Å². The average Bonchev–Trinajstić information content (AvgIpc) is 2.47. The van der Waals surface area contributed by atoms with Crippen molar-refractivity contribution in [3.8, 4) is 0 Å². The molecule has 0 aliphatic carbocycles. The first kappa shape index (κ1) is 17.4. The Balaban J connectivity index is 2.52. The molecule has 1 aromatic carbocycles. The van der Waals surface area contributed by atoms with E-state index in [-0.39, 0.29) is 5.82 Å². The fourth-order valence-corrected chi connectivity index (χ4v) is 1.98. The highest BCUT2D eigenvalue weighted by Gasteiger charge is 2.04. The molecule has 0 spiro atoms. The second kappa shape index (κ2) is 9.31. The normalized spacial score (nSPS) is 11.6. The van der Waals surface area contributed by atoms with Crippen LogP contribution in [-0.4, -0.2) is 25.7 Å². The van der Waals surface area contributed by atoms with Crippen molar-refractivity contribution in [3.63, 3.8) is 0 Å². The average molecular weight is 296 g/mol. The van der Waals surface area contributed by atoms with Gasteiger partial charge < -0.3 is 10.1 Å². The van der Waals surface area contributed by atoms with Crippen LogP contribution in [0.15, 0.2) is 17.1 Å². The minimum absolute atomic E-state index is 0.158. The van der Waals surface area contributed by atoms with Crippen molar-refractivity contribution in [2.24, 2.45) is 10.8 Å². The van der Waals surface area contributed by atoms with E-state index in [1.54, 1.807) is 26.0 Å². The second-order valence-electron chi connectivity index (χ2n) is 4.83. The van der Waals surface area contributed by atoms with E-state index < -0.39 is 0 Å². The smallest absolute Gasteiger partial charge is 0.206 e. The number of nitrogens with two attached hydrogens (primary N) is 1. The van der Waals surface area contributed by atoms with Gasteiger partial charge >= 0.3 is 0 Å². The standard InChI is InChI=1S/C15H25FN4O/c1-4-21-7-5-6-18-15(20-17)19-10-13-8-11(2)14(16)12(3)9-13/h8-9H,4-7,10,17H2,1-3H3,(H2,18,19,20). The topological polar surface area (TPSA) is 71.7 Å². The zero-order chi connectivity index (χ0) is 15.7. The summed E-state index contributed by atoms with van der Waals surface area (Å²) < 4.78 is 18.8. The van der Waals surface area contributed by atoms with Crippen molar-refractivity contribution < 1.29 is 9.13 Å². The van der Waals surface area contributed by atoms with Crippen LogP contribution < -0.4 is 16.6 Å². The zero-order valence-electron chi connectivity index (χ0n) is 13.0. The fraction of sp³-hybridized carbons (Fsp3) is 0.533. The summed E-state index contributed by atoms with van der Waals surface area (Å²) in [7, 11) is 0. The summed E-state index contributed by atoms with van der Waals surface area (Å²) in [4.78, 5) is 4.35. The van der Waals surface area contributed by atoms with Gasteiger partial charge in [-0.3, -0.25) is 5.43 Å². The molecule has 0 saturated carbocycles. The highest BCUT2D eigenvalue weighted by molar-refractivity contribution is 5.79. The van der Waals surface area contributed by atoms with Gasteiger partial charge in [0.2, 0.25) is 5.96 Å². The summed E-state index contributed by atoms with van der Waals surface area (Å²) in [6.45, 7) is 8.07. The van der Waals surface area contributed by atoms with Crippen LogP contribution in [0.25, 0.3) is 0 Å². The Morgan fingerprint density at radius 2 is 2.00 bits per heavy atom. The van der Waals surface area contributed by atoms with E-state index in [4.69, 9.17) is 10.6 Å². The Morgan fingerprint density at radius 1 is 1.33 bits per heavy atom. The van der Waals surface area contributed by atoms with Crippen molar-refractivity contribution in [2.45, 2.75) is 33.7 Å². The third-order valence-electron chi connectivity index (χ3n) is 3.01. The second-order valence-corrected chi connectivity index (χ2v) is 4.83. The Morgan fingerprint density at radius 3 is 2.57 bits per heavy atom. The quantitative estimate of drug-likeness (QED) is 0.236. The van der Waals surface area contributed by atoms with Crippen molar-refractivity contribution in [1.82, 2.24) is 10.7 Å². The van der Waals surface area contributed by atoms with Gasteiger partial charge in [-0.1, -0.05) is 12.1 Å². The van der Waals surface area contributed by atoms with Gasteiger partial charge in [0.1, 0.15) is 5.82 Å². The number of hydrogen-bond acceptors (Lipinski definition) is 3. The number of guanidine groups is 1. The molecule has 5 nitrogen and oxygen atoms in total. The van der Waals surface area contributed by atoms with Gasteiger partial charge in [0.25, 0.3) is 0 Å². The van der Waals surface area contributed by atoms with Crippen molar-refractivity contribution in [2.75, 3.05) is 19.8 Å². The Hall–Kier alpha value is -1.66. The van der Waals surface area contributed by atoms with Gasteiger partial charge in [-0.15, -0.1) is 0 Å². The Bertz CT molecular complexity index is 454. The van der Waals surface area contributed by atoms with E-state index in [1.807, 2.05) is 6.92 Å². The minimum atomic E-state index is -0.158. The third kappa shape index (κ3) is 6.10. The fourth-order valence-electron chi connectivity index (χ4n) is 1.98. The number of halogens is 1. The molecule has 0 heterocycles. The predicted molar refractivity (Wildman–Crippen MR) is 83.4 cm³/mol. The molecule has 0 amide bonds. The maximum Gasteiger partial charge on any atom is 0.206 e. The molecule has 0 atom stereocenters. The Labute approximate surface area is 125 Å². The highest BCUT2D eigenvalue weighted by atomic mass is 19.1. The van der Waals surface area contributed by atoms with Crippen LogP contribution in [0.5, 0.6) is 0 Å². The van der Waals surface area contributed by atoms with E-state index in [9.17, 15) is 4.39 Å². The van der Waals surface area contributed by atoms with E-state index in [2.05, 4.69) is 15.7 Å². The molecule has 0 fully saturated rings. The number of nitrogens with one attached hydrogen (secondary N) is 2. The molecule has 6 heteroatoms. The number of benzene rings is 1. The summed E-state index contributed by atoms with van der Waals surface area (Å²) in [6.07, 6.45) is 0.878. The molecule has 0 aliphatic rings. The van der Waals surface area contributed by atoms with Crippen molar-refractivity contribution >= 4 is 5.96 Å². The lowest BCUT2D eigenvalue weighted by molar-refractivity contribution is 0.145. The van der Waals surface area contributed by atoms with Crippen LogP contribution in [0, 0.1) is 19.7 Å². The molecule has 1 rings (SSSR count). The lowest BCUT2D eigenvalue weighted by Gasteiger charge is -2.10. The third-order valence-corrected chi connectivity index (χ3v) is 3.01. The summed E-state index contributed by atoms with van der Waals surface area (Å²) in [5.41, 5.74) is 4.74. The molecule has 4 N–H and O–H groups in total. The lowest BCUT2D eigenvalue weighted by Crippen LogP contribution is -2.42. The number of hydrazine groups is 1. The molecule has 0 saturated heterocycles. The Kier molecular flexibility index (Phi) is 7.71. The molecule has 0 aromatic heterocycles. The predicted octanol–water partition coefficient (Wildman–Crippen LogP) is 1.78. The van der Waals surface area contributed by atoms with Crippen LogP contribution in [0.3, 0.4) is 0 Å². The number of rotatable bonds is 7. The SMILES string of the molecule is CCOCCCNC(=NCc1cc(C)c(F)c(C)c1)NN. The molecule has 0 bridgehead atoms. The van der Waals surface area contributed by atoms with Crippen LogP contribution in [0.1, 0.15) is 30.0 Å². The van der Waals surface area contributed by atoms with Gasteiger partial charge in [-0.25, -0.2) is 15.2 Å². The molecule has 0 unspecified atom stereocenters. The molecule has 118 valence electrons. The number of ether oxygens (including phenoxy) is 1. The highest BCUT2D eigenvalue weighted by Crippen LogP contribution is 2.15. The molecule has 1 aromatic rings. The summed E-state index contributed by atoms with van der Waals surface area (Å²) in [6, 6.07) is 3.60. The molecule has 0 aliphatic heterocycles. The van der Waals surface area contributed by atoms with E-state index in [0.717, 1.165) is 25.1 Å². The lowest BCUT2D eigenvalue weighted by atomic mass is 10.1. The monoisotopic (exact) mass is 296 g/mol. The molecule has 0 radical (unpaired) electrons. The number of aliphatic imine (C=N–C) groups is 1. The van der Waals surface area contributed by atoms with Gasteiger partial charge in [-0.05, 0) is 43.9 Å². The first-order chi connectivity index (χ1) is 10.1. The molecular weight excluding hydrogens is 271 g/mol. The summed E-state index contributed by atoms with van der Waals surface area (Å²) >= 11 is 0. The first-order valence-electron chi connectivity index (χ1n) is 7.16. The zero-order valence-corrected chi connectivity index (χ0v) is 13.0. The van der Waals surface area contributed by atoms with Gasteiger partial charge in [0.05, 0.1) is 6.54 Å². The molecule has 21 heavy (non-hydrogen) atoms. The largest absolute Gasteiger partial charge is 0.382 e. The number of nitrogens with zero attached hydrogens (tertiary/aromatic N) is 1. The number of hydrogen-bond donors (Lipinski definition) is 3. The maximum absolute atomic E-state index is 13.6. The van der Waals surface area contributed by atoms with Crippen LogP contribution in [-0.2, 0) is 11.3 Å². The van der Waals surface area contributed by atoms with Gasteiger partial charge in [0, 0.05) is 19.8 Å². The summed E-state index contributed by atoms with van der Waals surface area (Å²) in [5.74, 6) is 5.79. The van der Waals surface area contributed by atoms with E-state index in [0.29, 0.717) is 30.2 Å². The van der Waals surface area contributed by atoms with Crippen molar-refractivity contribution in [3.05, 3.63) is 34.6 Å². The van der Waals surface area contributed by atoms with Gasteiger partial charge in [0.15, 0.2) is 0 Å². The van der Waals surface area contributed by atoms with E-state index in [1.165, 1.54) is 0 Å². The number of aryl methyl sites for hydroxylation is 2. The van der Waals surface area contributed by atoms with Crippen molar-refractivity contribution in [1.29, 1.82) is 0 Å².